The van der Waals surface area contributed by atoms with Crippen molar-refractivity contribution in [2.24, 2.45) is 0 Å². The minimum Gasteiger partial charge on any atom is -0.492 e. The zero-order valence-corrected chi connectivity index (χ0v) is 6.51. The molecule has 0 atom stereocenters. The number of nitrogen functional groups attached to an aromatic ring is 1. The molecule has 1 aromatic heterocycles. The molecule has 0 saturated heterocycles. The van der Waals surface area contributed by atoms with Crippen LogP contribution in [0.5, 0.6) is 5.75 Å². The molecular weight excluding hydrogens is 159 g/mol. The van der Waals surface area contributed by atoms with Crippen molar-refractivity contribution in [1.29, 1.82) is 0 Å². The van der Waals surface area contributed by atoms with E-state index in [1.165, 1.54) is 6.07 Å². The van der Waals surface area contributed by atoms with E-state index >= 15 is 0 Å². The number of rotatable bonds is 0. The van der Waals surface area contributed by atoms with E-state index in [9.17, 15) is 4.39 Å². The molecule has 2 heterocycles. The Labute approximate surface area is 69.4 Å². The highest BCUT2D eigenvalue weighted by atomic mass is 19.1. The number of nitrogens with zero attached hydrogens (tertiary/aromatic N) is 1. The number of pyridine rings is 1. The molecule has 0 aliphatic carbocycles. The zero-order valence-electron chi connectivity index (χ0n) is 6.51. The minimum atomic E-state index is -0.504. The third-order valence-corrected chi connectivity index (χ3v) is 1.86. The fraction of sp³-hybridized carbons (Fsp3) is 0.375. The first-order chi connectivity index (χ1) is 5.77. The quantitative estimate of drug-likeness (QED) is 0.631. The number of halogens is 1. The Morgan fingerprint density at radius 2 is 2.42 bits per heavy atom. The van der Waals surface area contributed by atoms with Crippen molar-refractivity contribution in [3.05, 3.63) is 17.6 Å². The van der Waals surface area contributed by atoms with Gasteiger partial charge in [-0.1, -0.05) is 0 Å². The molecular formula is C8H9FN2O. The molecule has 3 nitrogen and oxygen atoms in total. The van der Waals surface area contributed by atoms with Gasteiger partial charge in [-0.2, -0.15) is 0 Å². The molecule has 1 aliphatic heterocycles. The summed E-state index contributed by atoms with van der Waals surface area (Å²) in [6.07, 6.45) is 1.74. The maximum atomic E-state index is 12.8. The second-order valence-electron chi connectivity index (χ2n) is 2.75. The molecule has 2 N–H and O–H groups in total. The van der Waals surface area contributed by atoms with Crippen LogP contribution in [0.2, 0.25) is 0 Å². The van der Waals surface area contributed by atoms with Crippen LogP contribution in [0.25, 0.3) is 0 Å². The second kappa shape index (κ2) is 2.62. The van der Waals surface area contributed by atoms with Crippen molar-refractivity contribution >= 4 is 5.82 Å². The van der Waals surface area contributed by atoms with E-state index in [1.807, 2.05) is 0 Å². The van der Waals surface area contributed by atoms with E-state index in [-0.39, 0.29) is 5.82 Å². The number of aromatic nitrogens is 1. The first kappa shape index (κ1) is 7.34. The Morgan fingerprint density at radius 1 is 1.58 bits per heavy atom. The standard InChI is InChI=1S/C8H9FN2O/c9-5-4-7-6(11-8(5)10)2-1-3-12-7/h4H,1-3H2,(H2,10,11). The minimum absolute atomic E-state index is 0.0424. The number of fused-ring (bicyclic) bond motifs is 1. The molecule has 0 spiro atoms. The van der Waals surface area contributed by atoms with Gasteiger partial charge in [0.15, 0.2) is 11.6 Å². The second-order valence-corrected chi connectivity index (χ2v) is 2.75. The lowest BCUT2D eigenvalue weighted by atomic mass is 10.1. The predicted molar refractivity (Wildman–Crippen MR) is 42.4 cm³/mol. The Bertz CT molecular complexity index is 283. The number of anilines is 1. The van der Waals surface area contributed by atoms with Crippen LogP contribution in [-0.2, 0) is 6.42 Å². The highest BCUT2D eigenvalue weighted by molar-refractivity contribution is 5.40. The van der Waals surface area contributed by atoms with Crippen molar-refractivity contribution in [3.8, 4) is 5.75 Å². The van der Waals surface area contributed by atoms with Crippen molar-refractivity contribution in [2.45, 2.75) is 12.8 Å². The lowest BCUT2D eigenvalue weighted by Crippen LogP contribution is -2.11. The maximum absolute atomic E-state index is 12.8. The smallest absolute Gasteiger partial charge is 0.168 e. The van der Waals surface area contributed by atoms with Gasteiger partial charge < -0.3 is 10.5 Å². The van der Waals surface area contributed by atoms with Crippen LogP contribution in [0.4, 0.5) is 10.2 Å². The monoisotopic (exact) mass is 168 g/mol. The Morgan fingerprint density at radius 3 is 3.25 bits per heavy atom. The van der Waals surface area contributed by atoms with Crippen LogP contribution >= 0.6 is 0 Å². The van der Waals surface area contributed by atoms with Crippen LogP contribution in [0.1, 0.15) is 12.1 Å². The van der Waals surface area contributed by atoms with E-state index in [0.29, 0.717) is 12.4 Å². The first-order valence-corrected chi connectivity index (χ1v) is 3.85. The summed E-state index contributed by atoms with van der Waals surface area (Å²) in [5.74, 6) is -0.0112. The summed E-state index contributed by atoms with van der Waals surface area (Å²) in [5.41, 5.74) is 6.07. The Balaban J connectivity index is 2.49. The molecule has 0 fully saturated rings. The fourth-order valence-electron chi connectivity index (χ4n) is 1.25. The molecule has 0 radical (unpaired) electrons. The van der Waals surface area contributed by atoms with Crippen molar-refractivity contribution < 1.29 is 9.13 Å². The molecule has 0 aromatic carbocycles. The van der Waals surface area contributed by atoms with Crippen LogP contribution in [0, 0.1) is 5.82 Å². The van der Waals surface area contributed by atoms with E-state index in [2.05, 4.69) is 4.98 Å². The third-order valence-electron chi connectivity index (χ3n) is 1.86. The molecule has 4 heteroatoms. The number of hydrogen-bond acceptors (Lipinski definition) is 3. The van der Waals surface area contributed by atoms with Gasteiger partial charge in [-0.05, 0) is 12.8 Å². The van der Waals surface area contributed by atoms with Gasteiger partial charge in [-0.3, -0.25) is 0 Å². The molecule has 12 heavy (non-hydrogen) atoms. The van der Waals surface area contributed by atoms with Crippen LogP contribution < -0.4 is 10.5 Å². The molecule has 2 rings (SSSR count). The van der Waals surface area contributed by atoms with Gasteiger partial charge >= 0.3 is 0 Å². The Hall–Kier alpha value is -1.32. The van der Waals surface area contributed by atoms with Gasteiger partial charge in [-0.15, -0.1) is 0 Å². The van der Waals surface area contributed by atoms with Gasteiger partial charge in [0.05, 0.1) is 12.3 Å². The average molecular weight is 168 g/mol. The molecule has 0 bridgehead atoms. The van der Waals surface area contributed by atoms with Crippen LogP contribution in [-0.4, -0.2) is 11.6 Å². The number of nitrogens with two attached hydrogens (primary N) is 1. The van der Waals surface area contributed by atoms with Gasteiger partial charge in [0, 0.05) is 6.07 Å². The molecule has 1 aromatic rings. The van der Waals surface area contributed by atoms with Crippen LogP contribution in [0.3, 0.4) is 0 Å². The number of aryl methyl sites for hydroxylation is 1. The van der Waals surface area contributed by atoms with E-state index in [4.69, 9.17) is 10.5 Å². The van der Waals surface area contributed by atoms with Gasteiger partial charge in [0.2, 0.25) is 0 Å². The van der Waals surface area contributed by atoms with Crippen molar-refractivity contribution in [3.63, 3.8) is 0 Å². The average Bonchev–Trinajstić information content (AvgIpc) is 2.07. The molecule has 64 valence electrons. The van der Waals surface area contributed by atoms with Gasteiger partial charge in [-0.25, -0.2) is 9.37 Å². The third kappa shape index (κ3) is 1.09. The molecule has 1 aliphatic rings. The summed E-state index contributed by atoms with van der Waals surface area (Å²) < 4.78 is 18.0. The molecule has 0 unspecified atom stereocenters. The lowest BCUT2D eigenvalue weighted by Gasteiger charge is -2.16. The lowest BCUT2D eigenvalue weighted by molar-refractivity contribution is 0.283. The topological polar surface area (TPSA) is 48.1 Å². The first-order valence-electron chi connectivity index (χ1n) is 3.85. The zero-order chi connectivity index (χ0) is 8.55. The number of hydrogen-bond donors (Lipinski definition) is 1. The summed E-state index contributed by atoms with van der Waals surface area (Å²) in [5, 5.41) is 0. The maximum Gasteiger partial charge on any atom is 0.168 e. The molecule has 0 saturated carbocycles. The number of ether oxygens (including phenoxy) is 1. The van der Waals surface area contributed by atoms with E-state index in [1.54, 1.807) is 0 Å². The van der Waals surface area contributed by atoms with Gasteiger partial charge in [0.25, 0.3) is 0 Å². The Kier molecular flexibility index (Phi) is 1.60. The fourth-order valence-corrected chi connectivity index (χ4v) is 1.25. The summed E-state index contributed by atoms with van der Waals surface area (Å²) in [6, 6.07) is 1.30. The highest BCUT2D eigenvalue weighted by Crippen LogP contribution is 2.25. The normalized spacial score (nSPS) is 15.1. The van der Waals surface area contributed by atoms with Gasteiger partial charge in [0.1, 0.15) is 5.75 Å². The molecule has 0 amide bonds. The summed E-state index contributed by atoms with van der Waals surface area (Å²) >= 11 is 0. The van der Waals surface area contributed by atoms with Crippen LogP contribution in [0.15, 0.2) is 6.07 Å². The van der Waals surface area contributed by atoms with Crippen molar-refractivity contribution in [1.82, 2.24) is 4.98 Å². The summed E-state index contributed by atoms with van der Waals surface area (Å²) in [4.78, 5) is 3.89. The largest absolute Gasteiger partial charge is 0.492 e. The SMILES string of the molecule is Nc1nc2c(cc1F)OCCC2. The summed E-state index contributed by atoms with van der Waals surface area (Å²) in [7, 11) is 0. The van der Waals surface area contributed by atoms with E-state index < -0.39 is 5.82 Å². The van der Waals surface area contributed by atoms with Crippen molar-refractivity contribution in [2.75, 3.05) is 12.3 Å². The highest BCUT2D eigenvalue weighted by Gasteiger charge is 2.14. The summed E-state index contributed by atoms with van der Waals surface area (Å²) in [6.45, 7) is 0.637. The van der Waals surface area contributed by atoms with E-state index in [0.717, 1.165) is 18.5 Å². The predicted octanol–water partition coefficient (Wildman–Crippen LogP) is 1.13.